The first-order valence-electron chi connectivity index (χ1n) is 10.3. The average molecular weight is 399 g/mol. The SMILES string of the molecule is Cc1ccc(NC(=O)C2CCN(C(=O)c3ccc(-c4ccccc4)cc3)CC2)nc1. The van der Waals surface area contributed by atoms with Gasteiger partial charge in [0.15, 0.2) is 0 Å². The summed E-state index contributed by atoms with van der Waals surface area (Å²) in [6.45, 7) is 3.12. The van der Waals surface area contributed by atoms with Crippen molar-refractivity contribution in [2.75, 3.05) is 18.4 Å². The van der Waals surface area contributed by atoms with Crippen LogP contribution in [0.15, 0.2) is 72.9 Å². The summed E-state index contributed by atoms with van der Waals surface area (Å²) in [6, 6.07) is 21.6. The van der Waals surface area contributed by atoms with Crippen LogP contribution >= 0.6 is 0 Å². The van der Waals surface area contributed by atoms with Gasteiger partial charge >= 0.3 is 0 Å². The molecule has 0 bridgehead atoms. The molecule has 0 spiro atoms. The lowest BCUT2D eigenvalue weighted by atomic mass is 9.95. The van der Waals surface area contributed by atoms with Crippen LogP contribution in [0.5, 0.6) is 0 Å². The van der Waals surface area contributed by atoms with Crippen LogP contribution in [-0.2, 0) is 4.79 Å². The molecule has 1 N–H and O–H groups in total. The minimum atomic E-state index is -0.0994. The number of benzene rings is 2. The van der Waals surface area contributed by atoms with E-state index in [0.29, 0.717) is 37.3 Å². The maximum absolute atomic E-state index is 12.9. The minimum absolute atomic E-state index is 0.0219. The molecule has 0 radical (unpaired) electrons. The fraction of sp³-hybridized carbons (Fsp3) is 0.240. The van der Waals surface area contributed by atoms with Crippen LogP contribution in [0.1, 0.15) is 28.8 Å². The molecule has 2 amide bonds. The van der Waals surface area contributed by atoms with Gasteiger partial charge in [0, 0.05) is 30.8 Å². The number of nitrogens with zero attached hydrogens (tertiary/aromatic N) is 2. The fourth-order valence-corrected chi connectivity index (χ4v) is 3.73. The molecule has 1 aromatic heterocycles. The number of hydrogen-bond donors (Lipinski definition) is 1. The number of aryl methyl sites for hydroxylation is 1. The molecule has 0 unspecified atom stereocenters. The number of piperidine rings is 1. The van der Waals surface area contributed by atoms with Crippen molar-refractivity contribution in [3.05, 3.63) is 84.1 Å². The van der Waals surface area contributed by atoms with Gasteiger partial charge in [0.1, 0.15) is 5.82 Å². The van der Waals surface area contributed by atoms with Crippen molar-refractivity contribution in [2.24, 2.45) is 5.92 Å². The van der Waals surface area contributed by atoms with Crippen LogP contribution in [0.2, 0.25) is 0 Å². The predicted octanol–water partition coefficient (Wildman–Crippen LogP) is 4.55. The summed E-state index contributed by atoms with van der Waals surface area (Å²) < 4.78 is 0. The van der Waals surface area contributed by atoms with E-state index >= 15 is 0 Å². The number of carbonyl (C=O) groups excluding carboxylic acids is 2. The Morgan fingerprint density at radius 1 is 0.900 bits per heavy atom. The molecule has 5 heteroatoms. The van der Waals surface area contributed by atoms with Crippen molar-refractivity contribution in [3.8, 4) is 11.1 Å². The summed E-state index contributed by atoms with van der Waals surface area (Å²) in [4.78, 5) is 31.4. The molecule has 1 saturated heterocycles. The largest absolute Gasteiger partial charge is 0.339 e. The Kier molecular flexibility index (Phi) is 5.89. The maximum Gasteiger partial charge on any atom is 0.253 e. The zero-order valence-electron chi connectivity index (χ0n) is 17.0. The maximum atomic E-state index is 12.9. The molecule has 3 aromatic rings. The Bertz CT molecular complexity index is 1010. The van der Waals surface area contributed by atoms with Crippen molar-refractivity contribution in [2.45, 2.75) is 19.8 Å². The van der Waals surface area contributed by atoms with E-state index in [9.17, 15) is 9.59 Å². The zero-order chi connectivity index (χ0) is 20.9. The summed E-state index contributed by atoms with van der Waals surface area (Å²) in [5.41, 5.74) is 3.96. The second-order valence-electron chi connectivity index (χ2n) is 7.72. The number of anilines is 1. The van der Waals surface area contributed by atoms with Gasteiger partial charge in [-0.2, -0.15) is 0 Å². The Hall–Kier alpha value is -3.47. The van der Waals surface area contributed by atoms with E-state index in [2.05, 4.69) is 22.4 Å². The molecule has 4 rings (SSSR count). The number of hydrogen-bond acceptors (Lipinski definition) is 3. The van der Waals surface area contributed by atoms with E-state index in [1.165, 1.54) is 0 Å². The number of rotatable bonds is 4. The minimum Gasteiger partial charge on any atom is -0.339 e. The highest BCUT2D eigenvalue weighted by Gasteiger charge is 2.28. The van der Waals surface area contributed by atoms with Gasteiger partial charge in [-0.15, -0.1) is 0 Å². The Balaban J connectivity index is 1.32. The molecule has 1 aliphatic heterocycles. The van der Waals surface area contributed by atoms with Gasteiger partial charge in [-0.25, -0.2) is 4.98 Å². The molecule has 0 saturated carbocycles. The lowest BCUT2D eigenvalue weighted by molar-refractivity contribution is -0.121. The highest BCUT2D eigenvalue weighted by atomic mass is 16.2. The molecule has 1 fully saturated rings. The van der Waals surface area contributed by atoms with Crippen LogP contribution in [0.3, 0.4) is 0 Å². The quantitative estimate of drug-likeness (QED) is 0.700. The lowest BCUT2D eigenvalue weighted by Gasteiger charge is -2.31. The second kappa shape index (κ2) is 8.91. The van der Waals surface area contributed by atoms with Crippen molar-refractivity contribution in [1.82, 2.24) is 9.88 Å². The average Bonchev–Trinajstić information content (AvgIpc) is 2.81. The van der Waals surface area contributed by atoms with Crippen LogP contribution in [0, 0.1) is 12.8 Å². The third kappa shape index (κ3) is 4.57. The standard InChI is InChI=1S/C25H25N3O2/c1-18-7-12-23(26-17-18)27-24(29)21-13-15-28(16-14-21)25(30)22-10-8-20(9-11-22)19-5-3-2-4-6-19/h2-12,17,21H,13-16H2,1H3,(H,26,27,29). The van der Waals surface area contributed by atoms with E-state index in [-0.39, 0.29) is 17.7 Å². The van der Waals surface area contributed by atoms with Gasteiger partial charge in [0.2, 0.25) is 5.91 Å². The first-order valence-corrected chi connectivity index (χ1v) is 10.3. The highest BCUT2D eigenvalue weighted by molar-refractivity contribution is 5.95. The second-order valence-corrected chi connectivity index (χ2v) is 7.72. The normalized spacial score (nSPS) is 14.4. The lowest BCUT2D eigenvalue weighted by Crippen LogP contribution is -2.41. The third-order valence-corrected chi connectivity index (χ3v) is 5.55. The summed E-state index contributed by atoms with van der Waals surface area (Å²) >= 11 is 0. The smallest absolute Gasteiger partial charge is 0.253 e. The van der Waals surface area contributed by atoms with Gasteiger partial charge in [0.05, 0.1) is 0 Å². The molecule has 1 aliphatic rings. The van der Waals surface area contributed by atoms with Gasteiger partial charge in [-0.1, -0.05) is 48.5 Å². The van der Waals surface area contributed by atoms with E-state index in [1.54, 1.807) is 6.20 Å². The van der Waals surface area contributed by atoms with Crippen molar-refractivity contribution < 1.29 is 9.59 Å². The Morgan fingerprint density at radius 2 is 1.57 bits per heavy atom. The summed E-state index contributed by atoms with van der Waals surface area (Å²) in [5, 5.41) is 2.88. The van der Waals surface area contributed by atoms with Crippen molar-refractivity contribution in [1.29, 1.82) is 0 Å². The highest BCUT2D eigenvalue weighted by Crippen LogP contribution is 2.23. The van der Waals surface area contributed by atoms with Crippen LogP contribution in [-0.4, -0.2) is 34.8 Å². The van der Waals surface area contributed by atoms with Crippen LogP contribution in [0.25, 0.3) is 11.1 Å². The summed E-state index contributed by atoms with van der Waals surface area (Å²) in [5.74, 6) is 0.472. The van der Waals surface area contributed by atoms with Gasteiger partial charge in [-0.3, -0.25) is 9.59 Å². The number of aromatic nitrogens is 1. The molecule has 5 nitrogen and oxygen atoms in total. The number of nitrogens with one attached hydrogen (secondary N) is 1. The van der Waals surface area contributed by atoms with E-state index in [1.807, 2.05) is 66.4 Å². The molecule has 0 atom stereocenters. The third-order valence-electron chi connectivity index (χ3n) is 5.55. The van der Waals surface area contributed by atoms with Crippen molar-refractivity contribution >= 4 is 17.6 Å². The topological polar surface area (TPSA) is 62.3 Å². The first kappa shape index (κ1) is 19.8. The summed E-state index contributed by atoms with van der Waals surface area (Å²) in [6.07, 6.45) is 3.05. The van der Waals surface area contributed by atoms with Gasteiger partial charge in [-0.05, 0) is 54.7 Å². The van der Waals surface area contributed by atoms with Gasteiger partial charge in [0.25, 0.3) is 5.91 Å². The molecule has 30 heavy (non-hydrogen) atoms. The molecular formula is C25H25N3O2. The molecule has 2 heterocycles. The van der Waals surface area contributed by atoms with Crippen LogP contribution in [0.4, 0.5) is 5.82 Å². The van der Waals surface area contributed by atoms with Crippen LogP contribution < -0.4 is 5.32 Å². The van der Waals surface area contributed by atoms with E-state index in [4.69, 9.17) is 0 Å². The molecular weight excluding hydrogens is 374 g/mol. The van der Waals surface area contributed by atoms with E-state index in [0.717, 1.165) is 16.7 Å². The monoisotopic (exact) mass is 399 g/mol. The number of amides is 2. The zero-order valence-corrected chi connectivity index (χ0v) is 17.0. The Morgan fingerprint density at radius 3 is 2.20 bits per heavy atom. The number of carbonyl (C=O) groups is 2. The number of likely N-dealkylation sites (tertiary alicyclic amines) is 1. The Labute approximate surface area is 176 Å². The van der Waals surface area contributed by atoms with E-state index < -0.39 is 0 Å². The van der Waals surface area contributed by atoms with Crippen molar-refractivity contribution in [3.63, 3.8) is 0 Å². The molecule has 2 aromatic carbocycles. The first-order chi connectivity index (χ1) is 14.6. The fourth-order valence-electron chi connectivity index (χ4n) is 3.73. The molecule has 152 valence electrons. The predicted molar refractivity (Wildman–Crippen MR) is 118 cm³/mol. The number of pyridine rings is 1. The summed E-state index contributed by atoms with van der Waals surface area (Å²) in [7, 11) is 0. The van der Waals surface area contributed by atoms with Gasteiger partial charge < -0.3 is 10.2 Å². The molecule has 0 aliphatic carbocycles.